The largest absolute Gasteiger partial charge is 0.481 e. The summed E-state index contributed by atoms with van der Waals surface area (Å²) in [5.74, 6) is -0.587. The van der Waals surface area contributed by atoms with Crippen LogP contribution in [0, 0.1) is 0 Å². The van der Waals surface area contributed by atoms with Gasteiger partial charge in [0.25, 0.3) is 0 Å². The molecule has 5 heteroatoms. The lowest BCUT2D eigenvalue weighted by atomic mass is 9.98. The van der Waals surface area contributed by atoms with Crippen molar-refractivity contribution in [2.45, 2.75) is 83.0 Å². The number of ether oxygens (including phenoxy) is 1. The van der Waals surface area contributed by atoms with Gasteiger partial charge in [0.2, 0.25) is 0 Å². The number of benzene rings is 2. The number of hydrogen-bond acceptors (Lipinski definition) is 3. The minimum Gasteiger partial charge on any atom is -0.481 e. The van der Waals surface area contributed by atoms with Crippen molar-refractivity contribution in [3.05, 3.63) is 59.7 Å². The van der Waals surface area contributed by atoms with E-state index in [1.165, 1.54) is 60.8 Å². The molecule has 34 heavy (non-hydrogen) atoms. The lowest BCUT2D eigenvalue weighted by molar-refractivity contribution is -0.137. The van der Waals surface area contributed by atoms with E-state index in [4.69, 9.17) is 9.84 Å². The number of fused-ring (bicyclic) bond motifs is 3. The Balaban J connectivity index is 1.19. The average Bonchev–Trinajstić information content (AvgIpc) is 3.16. The Morgan fingerprint density at radius 2 is 1.18 bits per heavy atom. The number of carboxylic acids is 1. The molecule has 0 atom stereocenters. The molecule has 184 valence electrons. The Morgan fingerprint density at radius 3 is 1.71 bits per heavy atom. The maximum absolute atomic E-state index is 12.2. The molecule has 0 saturated heterocycles. The highest BCUT2D eigenvalue weighted by Crippen LogP contribution is 2.44. The molecule has 1 aliphatic carbocycles. The molecule has 1 amide bonds. The maximum Gasteiger partial charge on any atom is 0.407 e. The summed E-state index contributed by atoms with van der Waals surface area (Å²) in [5, 5.41) is 11.5. The number of alkyl carbamates (subject to hydrolysis) is 1. The van der Waals surface area contributed by atoms with E-state index in [-0.39, 0.29) is 12.0 Å². The summed E-state index contributed by atoms with van der Waals surface area (Å²) in [6.45, 7) is 1.02. The van der Waals surface area contributed by atoms with Crippen LogP contribution in [0.1, 0.15) is 94.1 Å². The third-order valence-corrected chi connectivity index (χ3v) is 6.68. The van der Waals surface area contributed by atoms with Crippen molar-refractivity contribution in [2.24, 2.45) is 0 Å². The Hall–Kier alpha value is -2.82. The van der Waals surface area contributed by atoms with Gasteiger partial charge in [0.1, 0.15) is 6.61 Å². The van der Waals surface area contributed by atoms with Crippen molar-refractivity contribution < 1.29 is 19.4 Å². The van der Waals surface area contributed by atoms with Crippen molar-refractivity contribution in [1.29, 1.82) is 0 Å². The van der Waals surface area contributed by atoms with Gasteiger partial charge in [-0.15, -0.1) is 0 Å². The summed E-state index contributed by atoms with van der Waals surface area (Å²) in [6.07, 6.45) is 12.5. The average molecular weight is 466 g/mol. The predicted molar refractivity (Wildman–Crippen MR) is 136 cm³/mol. The number of hydrogen-bond donors (Lipinski definition) is 2. The molecule has 0 bridgehead atoms. The summed E-state index contributed by atoms with van der Waals surface area (Å²) < 4.78 is 5.58. The zero-order valence-corrected chi connectivity index (χ0v) is 20.3. The molecule has 2 aromatic carbocycles. The van der Waals surface area contributed by atoms with Crippen molar-refractivity contribution >= 4 is 12.1 Å². The molecular formula is C29H39NO4. The zero-order valence-electron chi connectivity index (χ0n) is 20.3. The smallest absolute Gasteiger partial charge is 0.407 e. The number of nitrogens with one attached hydrogen (secondary N) is 1. The van der Waals surface area contributed by atoms with Gasteiger partial charge < -0.3 is 15.2 Å². The number of aliphatic carboxylic acids is 1. The molecular weight excluding hydrogens is 426 g/mol. The zero-order chi connectivity index (χ0) is 24.0. The second kappa shape index (κ2) is 14.4. The van der Waals surface area contributed by atoms with Gasteiger partial charge in [-0.05, 0) is 35.1 Å². The van der Waals surface area contributed by atoms with Crippen molar-refractivity contribution in [2.75, 3.05) is 13.2 Å². The second-order valence-electron chi connectivity index (χ2n) is 9.29. The lowest BCUT2D eigenvalue weighted by Crippen LogP contribution is -2.27. The third kappa shape index (κ3) is 8.19. The van der Waals surface area contributed by atoms with Crippen LogP contribution in [-0.4, -0.2) is 30.3 Å². The standard InChI is InChI=1S/C29H39NO4/c31-28(32)20-10-8-6-4-2-1-3-5-7-9-15-21-30-29(33)34-22-27-25-18-13-11-16-23(25)24-17-12-14-19-26(24)27/h11-14,16-19,27H,1-10,15,20-22H2,(H,30,33)(H,31,32). The first-order valence-electron chi connectivity index (χ1n) is 13.0. The van der Waals surface area contributed by atoms with Crippen molar-refractivity contribution in [3.8, 4) is 11.1 Å². The van der Waals surface area contributed by atoms with Crippen molar-refractivity contribution in [1.82, 2.24) is 5.32 Å². The first kappa shape index (κ1) is 25.8. The van der Waals surface area contributed by atoms with Gasteiger partial charge in [-0.3, -0.25) is 4.79 Å². The third-order valence-electron chi connectivity index (χ3n) is 6.68. The van der Waals surface area contributed by atoms with Gasteiger partial charge in [-0.1, -0.05) is 106 Å². The van der Waals surface area contributed by atoms with Crippen LogP contribution < -0.4 is 5.32 Å². The number of unbranched alkanes of at least 4 members (excludes halogenated alkanes) is 10. The van der Waals surface area contributed by atoms with E-state index in [2.05, 4.69) is 41.7 Å². The summed E-state index contributed by atoms with van der Waals surface area (Å²) in [6, 6.07) is 16.7. The maximum atomic E-state index is 12.2. The molecule has 0 fully saturated rings. The fourth-order valence-corrected chi connectivity index (χ4v) is 4.83. The Labute approximate surface area is 203 Å². The SMILES string of the molecule is O=C(O)CCCCCCCCCCCCCNC(=O)OCC1c2ccccc2-c2ccccc21. The van der Waals surface area contributed by atoms with Crippen LogP contribution in [0.4, 0.5) is 4.79 Å². The molecule has 0 spiro atoms. The van der Waals surface area contributed by atoms with Crippen LogP contribution in [0.3, 0.4) is 0 Å². The Morgan fingerprint density at radius 1 is 0.706 bits per heavy atom. The molecule has 0 aromatic heterocycles. The summed E-state index contributed by atoms with van der Waals surface area (Å²) in [7, 11) is 0. The normalized spacial score (nSPS) is 12.2. The van der Waals surface area contributed by atoms with E-state index in [1.807, 2.05) is 12.1 Å². The van der Waals surface area contributed by atoms with E-state index in [0.717, 1.165) is 32.1 Å². The fraction of sp³-hybridized carbons (Fsp3) is 0.517. The molecule has 0 radical (unpaired) electrons. The van der Waals surface area contributed by atoms with Crippen LogP contribution in [0.2, 0.25) is 0 Å². The van der Waals surface area contributed by atoms with Gasteiger partial charge in [-0.25, -0.2) is 4.79 Å². The van der Waals surface area contributed by atoms with Gasteiger partial charge in [-0.2, -0.15) is 0 Å². The number of carbonyl (C=O) groups excluding carboxylic acids is 1. The molecule has 1 aliphatic rings. The lowest BCUT2D eigenvalue weighted by Gasteiger charge is -2.14. The highest BCUT2D eigenvalue weighted by Gasteiger charge is 2.28. The first-order chi connectivity index (χ1) is 16.7. The number of amides is 1. The van der Waals surface area contributed by atoms with Crippen LogP contribution in [0.5, 0.6) is 0 Å². The predicted octanol–water partition coefficient (Wildman–Crippen LogP) is 7.29. The molecule has 0 heterocycles. The number of carboxylic acid groups (broad SMARTS) is 1. The van der Waals surface area contributed by atoms with E-state index in [1.54, 1.807) is 0 Å². The van der Waals surface area contributed by atoms with E-state index >= 15 is 0 Å². The molecule has 3 rings (SSSR count). The van der Waals surface area contributed by atoms with E-state index in [0.29, 0.717) is 19.6 Å². The highest BCUT2D eigenvalue weighted by atomic mass is 16.5. The van der Waals surface area contributed by atoms with E-state index in [9.17, 15) is 9.59 Å². The number of rotatable bonds is 16. The summed E-state index contributed by atoms with van der Waals surface area (Å²) >= 11 is 0. The number of carbonyl (C=O) groups is 2. The highest BCUT2D eigenvalue weighted by molar-refractivity contribution is 5.79. The quantitative estimate of drug-likeness (QED) is 0.255. The topological polar surface area (TPSA) is 75.6 Å². The fourth-order valence-electron chi connectivity index (χ4n) is 4.83. The molecule has 0 aliphatic heterocycles. The first-order valence-corrected chi connectivity index (χ1v) is 13.0. The molecule has 0 saturated carbocycles. The van der Waals surface area contributed by atoms with Crippen LogP contribution in [0.25, 0.3) is 11.1 Å². The van der Waals surface area contributed by atoms with Gasteiger partial charge in [0, 0.05) is 18.9 Å². The Bertz CT molecular complexity index is 865. The minimum absolute atomic E-state index is 0.0999. The monoisotopic (exact) mass is 465 g/mol. The summed E-state index contributed by atoms with van der Waals surface area (Å²) in [5.41, 5.74) is 4.94. The Kier molecular flexibility index (Phi) is 11.0. The summed E-state index contributed by atoms with van der Waals surface area (Å²) in [4.78, 5) is 22.7. The van der Waals surface area contributed by atoms with E-state index < -0.39 is 5.97 Å². The van der Waals surface area contributed by atoms with Crippen LogP contribution in [-0.2, 0) is 9.53 Å². The van der Waals surface area contributed by atoms with Crippen LogP contribution in [0.15, 0.2) is 48.5 Å². The molecule has 0 unspecified atom stereocenters. The minimum atomic E-state index is -0.687. The van der Waals surface area contributed by atoms with Crippen LogP contribution >= 0.6 is 0 Å². The van der Waals surface area contributed by atoms with Gasteiger partial charge in [0.15, 0.2) is 0 Å². The van der Waals surface area contributed by atoms with Gasteiger partial charge >= 0.3 is 12.1 Å². The molecule has 2 aromatic rings. The second-order valence-corrected chi connectivity index (χ2v) is 9.29. The molecule has 5 nitrogen and oxygen atoms in total. The van der Waals surface area contributed by atoms with Crippen molar-refractivity contribution in [3.63, 3.8) is 0 Å². The van der Waals surface area contributed by atoms with Gasteiger partial charge in [0.05, 0.1) is 0 Å². The molecule has 2 N–H and O–H groups in total.